The number of ether oxygens (including phenoxy) is 2. The summed E-state index contributed by atoms with van der Waals surface area (Å²) < 4.78 is 36.2. The number of hydrogen-bond donors (Lipinski definition) is 1. The predicted molar refractivity (Wildman–Crippen MR) is 89.3 cm³/mol. The summed E-state index contributed by atoms with van der Waals surface area (Å²) >= 11 is 0. The molecule has 0 saturated heterocycles. The first-order chi connectivity index (χ1) is 12.3. The summed E-state index contributed by atoms with van der Waals surface area (Å²) in [6.45, 7) is 2.94. The molecule has 0 atom stereocenters. The number of nitrogens with zero attached hydrogens (tertiary/aromatic N) is 2. The molecule has 0 bridgehead atoms. The van der Waals surface area contributed by atoms with Gasteiger partial charge >= 0.3 is 5.97 Å². The molecular weight excluding hydrogens is 362 g/mol. The minimum Gasteiger partial charge on any atom is -0.497 e. The number of fused-ring (bicyclic) bond motifs is 1. The van der Waals surface area contributed by atoms with Crippen molar-refractivity contribution in [3.63, 3.8) is 0 Å². The highest BCUT2D eigenvalue weighted by atomic mass is 32.2. The highest BCUT2D eigenvalue weighted by molar-refractivity contribution is 7.90. The number of amides is 1. The molecule has 0 fully saturated rings. The summed E-state index contributed by atoms with van der Waals surface area (Å²) in [7, 11) is -2.74. The molecule has 0 radical (unpaired) electrons. The number of hydrogen-bond acceptors (Lipinski definition) is 7. The summed E-state index contributed by atoms with van der Waals surface area (Å²) in [5.74, 6) is -1.47. The van der Waals surface area contributed by atoms with Crippen molar-refractivity contribution in [2.24, 2.45) is 0 Å². The summed E-state index contributed by atoms with van der Waals surface area (Å²) in [6, 6.07) is 2.93. The lowest BCUT2D eigenvalue weighted by Crippen LogP contribution is -2.33. The van der Waals surface area contributed by atoms with Gasteiger partial charge in [0.25, 0.3) is 15.9 Å². The monoisotopic (exact) mass is 379 g/mol. The lowest BCUT2D eigenvalue weighted by molar-refractivity contribution is 0.0346. The maximum absolute atomic E-state index is 12.8. The largest absolute Gasteiger partial charge is 0.497 e. The van der Waals surface area contributed by atoms with Gasteiger partial charge in [-0.2, -0.15) is 4.31 Å². The van der Waals surface area contributed by atoms with E-state index in [0.29, 0.717) is 15.6 Å². The smallest absolute Gasteiger partial charge is 0.376 e. The van der Waals surface area contributed by atoms with Gasteiger partial charge in [0.2, 0.25) is 5.82 Å². The van der Waals surface area contributed by atoms with Gasteiger partial charge in [0.1, 0.15) is 10.6 Å². The van der Waals surface area contributed by atoms with Gasteiger partial charge in [0.05, 0.1) is 12.7 Å². The van der Waals surface area contributed by atoms with Crippen molar-refractivity contribution in [1.82, 2.24) is 14.3 Å². The quantitative estimate of drug-likeness (QED) is 0.782. The van der Waals surface area contributed by atoms with E-state index >= 15 is 0 Å². The second kappa shape index (κ2) is 6.45. The van der Waals surface area contributed by atoms with Crippen LogP contribution >= 0.6 is 0 Å². The zero-order chi connectivity index (χ0) is 19.1. The fourth-order valence-electron chi connectivity index (χ4n) is 2.66. The van der Waals surface area contributed by atoms with E-state index in [1.54, 1.807) is 6.07 Å². The van der Waals surface area contributed by atoms with Gasteiger partial charge in [0, 0.05) is 18.5 Å². The van der Waals surface area contributed by atoms with Gasteiger partial charge in [-0.25, -0.2) is 18.2 Å². The molecule has 0 unspecified atom stereocenters. The molecule has 1 amide bonds. The van der Waals surface area contributed by atoms with Crippen LogP contribution in [0.15, 0.2) is 29.4 Å². The Morgan fingerprint density at radius 2 is 2.08 bits per heavy atom. The molecule has 1 aromatic carbocycles. The standard InChI is InChI=1S/C16H17N3O6S/c1-9(2)11-6-10(24-3)7-12-13(11)15(20)19(26(12,22)23)8-25-16(21)14-17-4-5-18-14/h4-7,9H,8H2,1-3H3,(H,17,18). The summed E-state index contributed by atoms with van der Waals surface area (Å²) in [5.41, 5.74) is 0.627. The lowest BCUT2D eigenvalue weighted by Gasteiger charge is -2.14. The Bertz CT molecular complexity index is 966. The zero-order valence-corrected chi connectivity index (χ0v) is 15.2. The van der Waals surface area contributed by atoms with Crippen LogP contribution in [0.2, 0.25) is 0 Å². The average molecular weight is 379 g/mol. The van der Waals surface area contributed by atoms with Crippen LogP contribution in [0.1, 0.15) is 46.3 Å². The van der Waals surface area contributed by atoms with Gasteiger partial charge in [-0.15, -0.1) is 0 Å². The Labute approximate surface area is 150 Å². The van der Waals surface area contributed by atoms with Crippen molar-refractivity contribution in [3.8, 4) is 5.75 Å². The first-order valence-electron chi connectivity index (χ1n) is 7.73. The van der Waals surface area contributed by atoms with Gasteiger partial charge in [-0.3, -0.25) is 4.79 Å². The number of aromatic amines is 1. The second-order valence-corrected chi connectivity index (χ2v) is 7.73. The van der Waals surface area contributed by atoms with E-state index in [9.17, 15) is 18.0 Å². The highest BCUT2D eigenvalue weighted by Gasteiger charge is 2.44. The topological polar surface area (TPSA) is 119 Å². The summed E-state index contributed by atoms with van der Waals surface area (Å²) in [4.78, 5) is 30.7. The minimum atomic E-state index is -4.15. The van der Waals surface area contributed by atoms with Crippen LogP contribution in [-0.4, -0.2) is 48.4 Å². The van der Waals surface area contributed by atoms with Gasteiger partial charge < -0.3 is 14.5 Å². The number of H-pyrrole nitrogens is 1. The normalized spacial score (nSPS) is 15.2. The van der Waals surface area contributed by atoms with Gasteiger partial charge in [0.15, 0.2) is 6.73 Å². The third-order valence-electron chi connectivity index (χ3n) is 3.98. The molecule has 0 spiro atoms. The molecule has 1 aliphatic heterocycles. The second-order valence-electron chi connectivity index (χ2n) is 5.90. The van der Waals surface area contributed by atoms with E-state index < -0.39 is 28.6 Å². The van der Waals surface area contributed by atoms with E-state index in [4.69, 9.17) is 9.47 Å². The Balaban J connectivity index is 1.96. The molecule has 0 aliphatic carbocycles. The Hall–Kier alpha value is -2.88. The molecule has 0 saturated carbocycles. The molecule has 1 aromatic heterocycles. The Morgan fingerprint density at radius 3 is 2.65 bits per heavy atom. The van der Waals surface area contributed by atoms with E-state index in [1.165, 1.54) is 25.6 Å². The van der Waals surface area contributed by atoms with Crippen LogP contribution in [0, 0.1) is 0 Å². The average Bonchev–Trinajstić information content (AvgIpc) is 3.19. The number of carbonyl (C=O) groups excluding carboxylic acids is 2. The minimum absolute atomic E-state index is 0.0786. The third kappa shape index (κ3) is 2.81. The van der Waals surface area contributed by atoms with Crippen LogP contribution < -0.4 is 4.74 Å². The van der Waals surface area contributed by atoms with Gasteiger partial charge in [-0.1, -0.05) is 13.8 Å². The van der Waals surface area contributed by atoms with Crippen LogP contribution in [0.4, 0.5) is 0 Å². The number of benzene rings is 1. The fraction of sp³-hybridized carbons (Fsp3) is 0.312. The maximum Gasteiger partial charge on any atom is 0.376 e. The molecule has 10 heteroatoms. The summed E-state index contributed by atoms with van der Waals surface area (Å²) in [6.07, 6.45) is 2.77. The van der Waals surface area contributed by atoms with E-state index in [2.05, 4.69) is 9.97 Å². The van der Waals surface area contributed by atoms with Crippen molar-refractivity contribution in [2.75, 3.05) is 13.8 Å². The number of rotatable bonds is 5. The first kappa shape index (κ1) is 17.9. The molecule has 2 aromatic rings. The van der Waals surface area contributed by atoms with Crippen LogP contribution in [0.5, 0.6) is 5.75 Å². The number of carbonyl (C=O) groups is 2. The van der Waals surface area contributed by atoms with Crippen molar-refractivity contribution in [3.05, 3.63) is 41.5 Å². The number of sulfonamides is 1. The van der Waals surface area contributed by atoms with E-state index in [1.807, 2.05) is 13.8 Å². The van der Waals surface area contributed by atoms with Crippen LogP contribution in [0.3, 0.4) is 0 Å². The van der Waals surface area contributed by atoms with Crippen molar-refractivity contribution < 1.29 is 27.5 Å². The number of imidazole rings is 1. The molecule has 2 heterocycles. The molecule has 1 aliphatic rings. The highest BCUT2D eigenvalue weighted by Crippen LogP contribution is 2.38. The van der Waals surface area contributed by atoms with E-state index in [0.717, 1.165) is 0 Å². The van der Waals surface area contributed by atoms with Crippen molar-refractivity contribution >= 4 is 21.9 Å². The van der Waals surface area contributed by atoms with Crippen LogP contribution in [0.25, 0.3) is 0 Å². The Kier molecular flexibility index (Phi) is 4.45. The lowest BCUT2D eigenvalue weighted by atomic mass is 9.96. The van der Waals surface area contributed by atoms with Crippen molar-refractivity contribution in [2.45, 2.75) is 24.7 Å². The number of aromatic nitrogens is 2. The molecule has 9 nitrogen and oxygen atoms in total. The molecule has 3 rings (SSSR count). The number of methoxy groups -OCH3 is 1. The molecule has 138 valence electrons. The molecule has 26 heavy (non-hydrogen) atoms. The Morgan fingerprint density at radius 1 is 1.35 bits per heavy atom. The maximum atomic E-state index is 12.8. The molecular formula is C16H17N3O6S. The van der Waals surface area contributed by atoms with Gasteiger partial charge in [-0.05, 0) is 17.5 Å². The predicted octanol–water partition coefficient (Wildman–Crippen LogP) is 1.50. The SMILES string of the molecule is COc1cc(C(C)C)c2c(c1)S(=O)(=O)N(COC(=O)c1ncc[nH]1)C2=O. The molecule has 1 N–H and O–H groups in total. The third-order valence-corrected chi connectivity index (χ3v) is 5.71. The number of esters is 1. The number of nitrogens with one attached hydrogen (secondary N) is 1. The van der Waals surface area contributed by atoms with Crippen LogP contribution in [-0.2, 0) is 14.8 Å². The fourth-order valence-corrected chi connectivity index (χ4v) is 4.13. The summed E-state index contributed by atoms with van der Waals surface area (Å²) in [5, 5.41) is 0. The van der Waals surface area contributed by atoms with E-state index in [-0.39, 0.29) is 22.2 Å². The van der Waals surface area contributed by atoms with Crippen molar-refractivity contribution in [1.29, 1.82) is 0 Å². The zero-order valence-electron chi connectivity index (χ0n) is 14.3. The first-order valence-corrected chi connectivity index (χ1v) is 9.17.